The van der Waals surface area contributed by atoms with Gasteiger partial charge in [-0.05, 0) is 44.4 Å². The number of piperidine rings is 2. The number of esters is 1. The van der Waals surface area contributed by atoms with Crippen molar-refractivity contribution in [1.29, 1.82) is 0 Å². The first-order valence-corrected chi connectivity index (χ1v) is 8.57. The van der Waals surface area contributed by atoms with Crippen molar-refractivity contribution in [3.63, 3.8) is 0 Å². The van der Waals surface area contributed by atoms with Crippen molar-refractivity contribution in [2.75, 3.05) is 20.2 Å². The number of hydrogen-bond donors (Lipinski definition) is 0. The molecule has 0 spiro atoms. The maximum absolute atomic E-state index is 12.3. The largest absolute Gasteiger partial charge is 0.462 e. The van der Waals surface area contributed by atoms with E-state index in [4.69, 9.17) is 9.15 Å². The lowest BCUT2D eigenvalue weighted by Gasteiger charge is -2.48. The van der Waals surface area contributed by atoms with Gasteiger partial charge in [-0.3, -0.25) is 0 Å². The van der Waals surface area contributed by atoms with Crippen LogP contribution in [0.25, 0.3) is 11.3 Å². The molecule has 2 saturated heterocycles. The number of nitrogens with zero attached hydrogens (tertiary/aromatic N) is 2. The number of carbonyl (C=O) groups is 1. The third-order valence-corrected chi connectivity index (χ3v) is 5.43. The highest BCUT2D eigenvalue weighted by atomic mass is 127. The summed E-state index contributed by atoms with van der Waals surface area (Å²) in [5, 5.41) is 0. The van der Waals surface area contributed by atoms with Crippen LogP contribution in [-0.4, -0.2) is 42.1 Å². The Labute approximate surface area is 164 Å². The normalized spacial score (nSPS) is 25.4. The van der Waals surface area contributed by atoms with Gasteiger partial charge in [0.05, 0.1) is 18.4 Å². The predicted molar refractivity (Wildman–Crippen MR) is 105 cm³/mol. The molecule has 0 N–H and O–H groups in total. The quantitative estimate of drug-likeness (QED) is 0.519. The minimum absolute atomic E-state index is 0. The third kappa shape index (κ3) is 3.89. The van der Waals surface area contributed by atoms with Crippen LogP contribution in [-0.2, 0) is 4.74 Å². The molecule has 3 fully saturated rings. The number of oxazole rings is 1. The molecule has 0 amide bonds. The first kappa shape index (κ1) is 18.4. The molecule has 3 aliphatic rings. The number of hydrogen-bond acceptors (Lipinski definition) is 5. The Bertz CT molecular complexity index is 702. The van der Waals surface area contributed by atoms with Gasteiger partial charge in [-0.1, -0.05) is 12.1 Å². The summed E-state index contributed by atoms with van der Waals surface area (Å²) in [5.74, 6) is 1.68. The van der Waals surface area contributed by atoms with E-state index >= 15 is 0 Å². The molecule has 1 aromatic heterocycles. The lowest BCUT2D eigenvalue weighted by atomic mass is 9.73. The molecule has 1 aliphatic carbocycles. The lowest BCUT2D eigenvalue weighted by molar-refractivity contribution is -0.0173. The highest BCUT2D eigenvalue weighted by molar-refractivity contribution is 14.0. The predicted octanol–water partition coefficient (Wildman–Crippen LogP) is 3.85. The fourth-order valence-electron chi connectivity index (χ4n) is 4.21. The van der Waals surface area contributed by atoms with Crippen molar-refractivity contribution < 1.29 is 13.9 Å². The average molecular weight is 454 g/mol. The number of ether oxygens (including phenoxy) is 1. The molecule has 1 saturated carbocycles. The second kappa shape index (κ2) is 7.86. The summed E-state index contributed by atoms with van der Waals surface area (Å²) >= 11 is 0. The molecule has 6 heteroatoms. The van der Waals surface area contributed by atoms with E-state index < -0.39 is 0 Å². The summed E-state index contributed by atoms with van der Waals surface area (Å²) in [4.78, 5) is 18.6. The van der Waals surface area contributed by atoms with Crippen molar-refractivity contribution >= 4 is 29.9 Å². The first-order chi connectivity index (χ1) is 11.7. The van der Waals surface area contributed by atoms with Gasteiger partial charge in [0, 0.05) is 24.1 Å². The molecular weight excluding hydrogens is 431 g/mol. The summed E-state index contributed by atoms with van der Waals surface area (Å²) in [6, 6.07) is 7.83. The second-order valence-corrected chi connectivity index (χ2v) is 6.99. The van der Waals surface area contributed by atoms with E-state index in [2.05, 4.69) is 16.9 Å². The molecule has 5 nitrogen and oxygen atoms in total. The van der Waals surface area contributed by atoms with E-state index in [1.807, 2.05) is 12.1 Å². The van der Waals surface area contributed by atoms with Crippen molar-refractivity contribution in [3.05, 3.63) is 42.4 Å². The van der Waals surface area contributed by atoms with E-state index in [9.17, 15) is 4.79 Å². The van der Waals surface area contributed by atoms with Crippen LogP contribution in [0.3, 0.4) is 0 Å². The lowest BCUT2D eigenvalue weighted by Crippen LogP contribution is -2.52. The maximum atomic E-state index is 12.3. The smallest absolute Gasteiger partial charge is 0.338 e. The molecule has 1 aromatic carbocycles. The number of rotatable bonds is 4. The van der Waals surface area contributed by atoms with Crippen molar-refractivity contribution in [2.45, 2.75) is 25.3 Å². The Morgan fingerprint density at radius 3 is 2.76 bits per heavy atom. The van der Waals surface area contributed by atoms with Gasteiger partial charge in [0.2, 0.25) is 0 Å². The summed E-state index contributed by atoms with van der Waals surface area (Å²) < 4.78 is 10.9. The van der Waals surface area contributed by atoms with Gasteiger partial charge >= 0.3 is 5.97 Å². The fraction of sp³-hybridized carbons (Fsp3) is 0.474. The van der Waals surface area contributed by atoms with Gasteiger partial charge < -0.3 is 14.1 Å². The minimum atomic E-state index is -0.247. The summed E-state index contributed by atoms with van der Waals surface area (Å²) in [7, 11) is 2.19. The number of benzene rings is 1. The Hall–Kier alpha value is -1.41. The average Bonchev–Trinajstić information content (AvgIpc) is 3.15. The van der Waals surface area contributed by atoms with Crippen molar-refractivity contribution in [2.24, 2.45) is 11.8 Å². The number of aromatic nitrogens is 1. The molecule has 3 atom stereocenters. The molecule has 3 heterocycles. The van der Waals surface area contributed by atoms with E-state index in [1.165, 1.54) is 32.2 Å². The standard InChI is InChI=1S/C19H22N2O3.HI/c1-21-10-13-2-7-17(21)16(8-13)11-23-19(22)15-5-3-14(4-6-15)18-9-20-12-24-18;/h3-6,9,12-13,16-17H,2,7-8,10-11H2,1H3;1H. The van der Waals surface area contributed by atoms with Crippen LogP contribution >= 0.6 is 24.0 Å². The van der Waals surface area contributed by atoms with Gasteiger partial charge in [0.15, 0.2) is 12.2 Å². The van der Waals surface area contributed by atoms with Gasteiger partial charge in [0.1, 0.15) is 0 Å². The Kier molecular flexibility index (Phi) is 5.78. The molecule has 2 aliphatic heterocycles. The summed E-state index contributed by atoms with van der Waals surface area (Å²) in [6.45, 7) is 1.71. The molecule has 3 unspecified atom stereocenters. The van der Waals surface area contributed by atoms with Crippen LogP contribution in [0.2, 0.25) is 0 Å². The van der Waals surface area contributed by atoms with Gasteiger partial charge in [-0.2, -0.15) is 0 Å². The number of fused-ring (bicyclic) bond motifs is 3. The monoisotopic (exact) mass is 454 g/mol. The molecule has 0 radical (unpaired) electrons. The summed E-state index contributed by atoms with van der Waals surface area (Å²) in [6.07, 6.45) is 6.79. The van der Waals surface area contributed by atoms with Crippen LogP contribution in [0, 0.1) is 11.8 Å². The molecule has 5 rings (SSSR count). The van der Waals surface area contributed by atoms with Gasteiger partial charge in [-0.25, -0.2) is 9.78 Å². The highest BCUT2D eigenvalue weighted by Crippen LogP contribution is 2.38. The zero-order valence-electron chi connectivity index (χ0n) is 14.3. The van der Waals surface area contributed by atoms with E-state index in [-0.39, 0.29) is 29.9 Å². The van der Waals surface area contributed by atoms with E-state index in [0.29, 0.717) is 29.9 Å². The molecule has 2 aromatic rings. The zero-order valence-corrected chi connectivity index (χ0v) is 16.6. The minimum Gasteiger partial charge on any atom is -0.462 e. The topological polar surface area (TPSA) is 55.6 Å². The second-order valence-electron chi connectivity index (χ2n) is 6.99. The van der Waals surface area contributed by atoms with Crippen LogP contribution in [0.1, 0.15) is 29.6 Å². The zero-order chi connectivity index (χ0) is 16.5. The molecular formula is C19H23IN2O3. The van der Waals surface area contributed by atoms with Crippen LogP contribution in [0.5, 0.6) is 0 Å². The van der Waals surface area contributed by atoms with Gasteiger partial charge in [-0.15, -0.1) is 24.0 Å². The number of halogens is 1. The first-order valence-electron chi connectivity index (χ1n) is 8.57. The SMILES string of the molecule is CN1CC2CCC1C(COC(=O)c1ccc(-c3cnco3)cc1)C2.I. The van der Waals surface area contributed by atoms with E-state index in [0.717, 1.165) is 11.5 Å². The molecule has 2 bridgehead atoms. The fourth-order valence-corrected chi connectivity index (χ4v) is 4.21. The Balaban J connectivity index is 0.00000182. The molecule has 25 heavy (non-hydrogen) atoms. The van der Waals surface area contributed by atoms with Crippen molar-refractivity contribution in [1.82, 2.24) is 9.88 Å². The third-order valence-electron chi connectivity index (χ3n) is 5.43. The van der Waals surface area contributed by atoms with Crippen LogP contribution < -0.4 is 0 Å². The number of carbonyl (C=O) groups excluding carboxylic acids is 1. The Morgan fingerprint density at radius 1 is 1.32 bits per heavy atom. The van der Waals surface area contributed by atoms with Gasteiger partial charge in [0.25, 0.3) is 0 Å². The maximum Gasteiger partial charge on any atom is 0.338 e. The summed E-state index contributed by atoms with van der Waals surface area (Å²) in [5.41, 5.74) is 1.47. The van der Waals surface area contributed by atoms with Crippen LogP contribution in [0.4, 0.5) is 0 Å². The van der Waals surface area contributed by atoms with Crippen molar-refractivity contribution in [3.8, 4) is 11.3 Å². The van der Waals surface area contributed by atoms with Crippen LogP contribution in [0.15, 0.2) is 41.3 Å². The molecule has 134 valence electrons. The Morgan fingerprint density at radius 2 is 2.12 bits per heavy atom. The van der Waals surface area contributed by atoms with E-state index in [1.54, 1.807) is 18.3 Å². The highest BCUT2D eigenvalue weighted by Gasteiger charge is 2.39.